The Morgan fingerprint density at radius 1 is 1.00 bits per heavy atom. The number of aromatic nitrogens is 1. The third-order valence-electron chi connectivity index (χ3n) is 6.33. The van der Waals surface area contributed by atoms with Crippen LogP contribution in [0, 0.1) is 6.92 Å². The van der Waals surface area contributed by atoms with E-state index in [1.54, 1.807) is 32.4 Å². The van der Waals surface area contributed by atoms with Gasteiger partial charge in [0.1, 0.15) is 0 Å². The van der Waals surface area contributed by atoms with Gasteiger partial charge in [-0.3, -0.25) is 9.59 Å². The molecule has 0 atom stereocenters. The predicted molar refractivity (Wildman–Crippen MR) is 126 cm³/mol. The van der Waals surface area contributed by atoms with Crippen molar-refractivity contribution in [2.75, 3.05) is 14.2 Å². The van der Waals surface area contributed by atoms with Crippen LogP contribution in [0.2, 0.25) is 0 Å². The Morgan fingerprint density at radius 3 is 2.47 bits per heavy atom. The highest BCUT2D eigenvalue weighted by Crippen LogP contribution is 2.30. The summed E-state index contributed by atoms with van der Waals surface area (Å²) in [5.74, 6) is 0.997. The number of amides is 1. The number of nitrogens with one attached hydrogen (secondary N) is 1. The molecular weight excluding hydrogens is 404 g/mol. The molecule has 1 N–H and O–H groups in total. The highest BCUT2D eigenvalue weighted by Gasteiger charge is 2.28. The van der Waals surface area contributed by atoms with Crippen molar-refractivity contribution in [3.63, 3.8) is 0 Å². The average molecular weight is 435 g/mol. The molecule has 0 radical (unpaired) electrons. The summed E-state index contributed by atoms with van der Waals surface area (Å²) in [4.78, 5) is 31.4. The monoisotopic (exact) mass is 434 g/mol. The first-order valence-corrected chi connectivity index (χ1v) is 11.2. The number of carbonyl (C=O) groups excluding carboxylic acids is 1. The maximum Gasteiger partial charge on any atom is 0.254 e. The molecule has 32 heavy (non-hydrogen) atoms. The fraction of sp³-hybridized carbons (Fsp3) is 0.385. The number of aryl methyl sites for hydroxylation is 1. The number of rotatable bonds is 6. The molecule has 1 heterocycles. The van der Waals surface area contributed by atoms with E-state index in [0.29, 0.717) is 22.6 Å². The van der Waals surface area contributed by atoms with Crippen LogP contribution in [-0.2, 0) is 6.54 Å². The first kappa shape index (κ1) is 21.9. The number of carbonyl (C=O) groups is 1. The SMILES string of the molecule is COc1ccc(C(=O)N(Cc2cc3ccc(C)cc3[nH]c2=O)C2CCCCC2)cc1OC. The molecule has 1 aliphatic rings. The summed E-state index contributed by atoms with van der Waals surface area (Å²) >= 11 is 0. The van der Waals surface area contributed by atoms with Gasteiger partial charge in [-0.15, -0.1) is 0 Å². The number of pyridine rings is 1. The van der Waals surface area contributed by atoms with Gasteiger partial charge in [0, 0.05) is 22.7 Å². The third kappa shape index (κ3) is 4.49. The molecule has 1 saturated carbocycles. The average Bonchev–Trinajstić information content (AvgIpc) is 2.82. The molecular formula is C26H30N2O4. The van der Waals surface area contributed by atoms with E-state index >= 15 is 0 Å². The van der Waals surface area contributed by atoms with Gasteiger partial charge in [-0.05, 0) is 61.0 Å². The van der Waals surface area contributed by atoms with Gasteiger partial charge in [0.2, 0.25) is 0 Å². The van der Waals surface area contributed by atoms with Gasteiger partial charge in [-0.25, -0.2) is 0 Å². The quantitative estimate of drug-likeness (QED) is 0.603. The minimum absolute atomic E-state index is 0.0961. The lowest BCUT2D eigenvalue weighted by Crippen LogP contribution is -2.42. The normalized spacial score (nSPS) is 14.3. The number of ether oxygens (including phenoxy) is 2. The molecule has 1 amide bonds. The zero-order valence-electron chi connectivity index (χ0n) is 18.9. The zero-order chi connectivity index (χ0) is 22.7. The molecule has 1 aliphatic carbocycles. The second-order valence-electron chi connectivity index (χ2n) is 8.51. The van der Waals surface area contributed by atoms with E-state index in [1.807, 2.05) is 36.1 Å². The Morgan fingerprint density at radius 2 is 1.75 bits per heavy atom. The van der Waals surface area contributed by atoms with E-state index < -0.39 is 0 Å². The van der Waals surface area contributed by atoms with E-state index in [9.17, 15) is 9.59 Å². The molecule has 168 valence electrons. The molecule has 4 rings (SSSR count). The van der Waals surface area contributed by atoms with Crippen LogP contribution in [0.1, 0.15) is 53.6 Å². The number of hydrogen-bond donors (Lipinski definition) is 1. The molecule has 3 aromatic rings. The largest absolute Gasteiger partial charge is 0.493 e. The number of fused-ring (bicyclic) bond motifs is 1. The van der Waals surface area contributed by atoms with Crippen molar-refractivity contribution in [3.05, 3.63) is 69.5 Å². The van der Waals surface area contributed by atoms with Crippen LogP contribution in [0.25, 0.3) is 10.9 Å². The maximum absolute atomic E-state index is 13.7. The Bertz CT molecular complexity index is 1180. The van der Waals surface area contributed by atoms with Crippen molar-refractivity contribution in [1.82, 2.24) is 9.88 Å². The summed E-state index contributed by atoms with van der Waals surface area (Å²) in [5.41, 5.74) is 2.88. The molecule has 2 aromatic carbocycles. The molecule has 0 unspecified atom stereocenters. The van der Waals surface area contributed by atoms with Crippen LogP contribution in [0.4, 0.5) is 0 Å². The lowest BCUT2D eigenvalue weighted by Gasteiger charge is -2.34. The second-order valence-corrected chi connectivity index (χ2v) is 8.51. The third-order valence-corrected chi connectivity index (χ3v) is 6.33. The number of H-pyrrole nitrogens is 1. The van der Waals surface area contributed by atoms with Crippen LogP contribution in [-0.4, -0.2) is 36.1 Å². The first-order valence-electron chi connectivity index (χ1n) is 11.2. The van der Waals surface area contributed by atoms with Crippen molar-refractivity contribution < 1.29 is 14.3 Å². The van der Waals surface area contributed by atoms with Crippen LogP contribution in [0.3, 0.4) is 0 Å². The van der Waals surface area contributed by atoms with Gasteiger partial charge in [0.05, 0.1) is 20.8 Å². The summed E-state index contributed by atoms with van der Waals surface area (Å²) in [6.45, 7) is 2.27. The van der Waals surface area contributed by atoms with E-state index in [1.165, 1.54) is 6.42 Å². The Kier molecular flexibility index (Phi) is 6.49. The molecule has 0 aliphatic heterocycles. The van der Waals surface area contributed by atoms with E-state index in [2.05, 4.69) is 4.98 Å². The second kappa shape index (κ2) is 9.47. The topological polar surface area (TPSA) is 71.6 Å². The van der Waals surface area contributed by atoms with Gasteiger partial charge in [-0.2, -0.15) is 0 Å². The van der Waals surface area contributed by atoms with Crippen molar-refractivity contribution >= 4 is 16.8 Å². The molecule has 0 spiro atoms. The number of hydrogen-bond acceptors (Lipinski definition) is 4. The van der Waals surface area contributed by atoms with Gasteiger partial charge < -0.3 is 19.4 Å². The summed E-state index contributed by atoms with van der Waals surface area (Å²) in [7, 11) is 3.13. The van der Waals surface area contributed by atoms with Gasteiger partial charge in [0.15, 0.2) is 11.5 Å². The van der Waals surface area contributed by atoms with Crippen molar-refractivity contribution in [2.45, 2.75) is 51.6 Å². The molecule has 1 fully saturated rings. The number of benzene rings is 2. The number of nitrogens with zero attached hydrogens (tertiary/aromatic N) is 1. The van der Waals surface area contributed by atoms with Crippen LogP contribution in [0.5, 0.6) is 11.5 Å². The van der Waals surface area contributed by atoms with E-state index in [0.717, 1.165) is 42.1 Å². The van der Waals surface area contributed by atoms with Gasteiger partial charge >= 0.3 is 0 Å². The fourth-order valence-electron chi connectivity index (χ4n) is 4.56. The summed E-state index contributed by atoms with van der Waals surface area (Å²) in [6, 6.07) is 13.2. The van der Waals surface area contributed by atoms with Gasteiger partial charge in [0.25, 0.3) is 11.5 Å². The highest BCUT2D eigenvalue weighted by atomic mass is 16.5. The predicted octanol–water partition coefficient (Wildman–Crippen LogP) is 4.83. The smallest absolute Gasteiger partial charge is 0.254 e. The summed E-state index contributed by atoms with van der Waals surface area (Å²) in [5, 5.41) is 0.965. The van der Waals surface area contributed by atoms with E-state index in [4.69, 9.17) is 9.47 Å². The lowest BCUT2D eigenvalue weighted by molar-refractivity contribution is 0.0613. The maximum atomic E-state index is 13.7. The molecule has 0 saturated heterocycles. The molecule has 1 aromatic heterocycles. The molecule has 6 heteroatoms. The summed E-state index contributed by atoms with van der Waals surface area (Å²) < 4.78 is 10.7. The van der Waals surface area contributed by atoms with Crippen LogP contribution in [0.15, 0.2) is 47.3 Å². The number of methoxy groups -OCH3 is 2. The van der Waals surface area contributed by atoms with Crippen molar-refractivity contribution in [2.24, 2.45) is 0 Å². The van der Waals surface area contributed by atoms with E-state index in [-0.39, 0.29) is 24.1 Å². The van der Waals surface area contributed by atoms with Crippen LogP contribution >= 0.6 is 0 Å². The zero-order valence-corrected chi connectivity index (χ0v) is 18.9. The molecule has 6 nitrogen and oxygen atoms in total. The first-order chi connectivity index (χ1) is 15.5. The minimum Gasteiger partial charge on any atom is -0.493 e. The lowest BCUT2D eigenvalue weighted by atomic mass is 9.93. The van der Waals surface area contributed by atoms with Gasteiger partial charge in [-0.1, -0.05) is 31.4 Å². The highest BCUT2D eigenvalue weighted by molar-refractivity contribution is 5.95. The molecule has 0 bridgehead atoms. The Labute approximate surface area is 188 Å². The number of aromatic amines is 1. The minimum atomic E-state index is -0.149. The Hall–Kier alpha value is -3.28. The standard InChI is InChI=1S/C26H30N2O4/c1-17-9-10-18-14-20(25(29)27-22(18)13-17)16-28(21-7-5-4-6-8-21)26(30)19-11-12-23(31-2)24(15-19)32-3/h9-15,21H,4-8,16H2,1-3H3,(H,27,29). The van der Waals surface area contributed by atoms with Crippen molar-refractivity contribution in [3.8, 4) is 11.5 Å². The Balaban J connectivity index is 1.71. The van der Waals surface area contributed by atoms with Crippen molar-refractivity contribution in [1.29, 1.82) is 0 Å². The van der Waals surface area contributed by atoms with Crippen LogP contribution < -0.4 is 15.0 Å². The fourth-order valence-corrected chi connectivity index (χ4v) is 4.56. The summed E-state index contributed by atoms with van der Waals surface area (Å²) in [6.07, 6.45) is 5.26.